The van der Waals surface area contributed by atoms with E-state index >= 15 is 0 Å². The lowest BCUT2D eigenvalue weighted by Gasteiger charge is -2.39. The van der Waals surface area contributed by atoms with Gasteiger partial charge in [0.05, 0.1) is 5.41 Å². The number of aromatic nitrogens is 1. The molecule has 0 spiro atoms. The van der Waals surface area contributed by atoms with Gasteiger partial charge >= 0.3 is 6.03 Å². The summed E-state index contributed by atoms with van der Waals surface area (Å²) in [5, 5.41) is 3.24. The summed E-state index contributed by atoms with van der Waals surface area (Å²) in [5.41, 5.74) is 0.154. The molecule has 7 heteroatoms. The fourth-order valence-corrected chi connectivity index (χ4v) is 5.88. The van der Waals surface area contributed by atoms with Gasteiger partial charge in [-0.05, 0) is 76.2 Å². The maximum Gasteiger partial charge on any atom is 0.317 e. The van der Waals surface area contributed by atoms with Crippen molar-refractivity contribution in [3.63, 3.8) is 0 Å². The average Bonchev–Trinajstić information content (AvgIpc) is 3.42. The summed E-state index contributed by atoms with van der Waals surface area (Å²) in [4.78, 5) is 33.0. The van der Waals surface area contributed by atoms with Crippen molar-refractivity contribution in [1.29, 1.82) is 0 Å². The van der Waals surface area contributed by atoms with E-state index in [9.17, 15) is 9.59 Å². The van der Waals surface area contributed by atoms with Crippen LogP contribution in [-0.2, 0) is 16.8 Å². The number of carbonyl (C=O) groups excluding carboxylic acids is 2. The van der Waals surface area contributed by atoms with Crippen LogP contribution in [0, 0.1) is 10.8 Å². The zero-order valence-electron chi connectivity index (χ0n) is 21.1. The molecule has 0 bridgehead atoms. The first kappa shape index (κ1) is 25.0. The number of likely N-dealkylation sites (tertiary alicyclic amines) is 1. The van der Waals surface area contributed by atoms with Gasteiger partial charge in [-0.1, -0.05) is 34.1 Å². The second-order valence-corrected chi connectivity index (χ2v) is 12.3. The number of nitrogens with zero attached hydrogens (tertiary/aromatic N) is 3. The van der Waals surface area contributed by atoms with Crippen LogP contribution in [0.4, 0.5) is 4.79 Å². The number of carbonyl (C=O) groups is 2. The standard InChI is InChI=1S/C25H42N4O2S/c1-8-9-12-18-17-29(23(2,3)4)32-20(18)27-21(30)25(7)14-13-19(24(25,5)6)26-22(31)28-15-10-11-16-28/h17,19H,8-16H2,1-7H3,(H,26,31)/b27-20-/t19-,25-/m0/s1. The lowest BCUT2D eigenvalue weighted by Crippen LogP contribution is -2.52. The maximum atomic E-state index is 13.6. The van der Waals surface area contributed by atoms with Crippen LogP contribution in [0.25, 0.3) is 0 Å². The predicted octanol–water partition coefficient (Wildman–Crippen LogP) is 5.07. The SMILES string of the molecule is CCCCc1cn(C(C)(C)C)s/c1=N\C(=O)[C@]1(C)CC[C@H](NC(=O)N2CCCC2)C1(C)C. The first-order valence-corrected chi connectivity index (χ1v) is 13.0. The van der Waals surface area contributed by atoms with Gasteiger partial charge in [0.15, 0.2) is 0 Å². The minimum absolute atomic E-state index is 0.0144. The molecule has 180 valence electrons. The van der Waals surface area contributed by atoms with Gasteiger partial charge in [0.25, 0.3) is 5.91 Å². The van der Waals surface area contributed by atoms with Gasteiger partial charge in [-0.3, -0.25) is 8.75 Å². The molecule has 3 rings (SSSR count). The Balaban J connectivity index is 1.85. The van der Waals surface area contributed by atoms with Gasteiger partial charge in [-0.15, -0.1) is 0 Å². The molecule has 1 saturated heterocycles. The molecule has 0 radical (unpaired) electrons. The summed E-state index contributed by atoms with van der Waals surface area (Å²) in [5.74, 6) is -0.0546. The maximum absolute atomic E-state index is 13.6. The Kier molecular flexibility index (Phi) is 7.28. The number of hydrogen-bond acceptors (Lipinski definition) is 3. The largest absolute Gasteiger partial charge is 0.335 e. The van der Waals surface area contributed by atoms with Gasteiger partial charge in [0, 0.05) is 36.4 Å². The van der Waals surface area contributed by atoms with Crippen LogP contribution in [0.15, 0.2) is 11.2 Å². The van der Waals surface area contributed by atoms with Crippen LogP contribution in [0.1, 0.15) is 92.6 Å². The Morgan fingerprint density at radius 2 is 1.88 bits per heavy atom. The molecule has 0 aromatic carbocycles. The number of rotatable bonds is 5. The van der Waals surface area contributed by atoms with Crippen LogP contribution in [0.5, 0.6) is 0 Å². The monoisotopic (exact) mass is 462 g/mol. The number of hydrogen-bond donors (Lipinski definition) is 1. The fourth-order valence-electron chi connectivity index (χ4n) is 4.85. The van der Waals surface area contributed by atoms with E-state index < -0.39 is 5.41 Å². The molecule has 2 heterocycles. The van der Waals surface area contributed by atoms with Crippen LogP contribution in [0.2, 0.25) is 0 Å². The summed E-state index contributed by atoms with van der Waals surface area (Å²) in [6, 6.07) is -0.0114. The quantitative estimate of drug-likeness (QED) is 0.663. The number of unbranched alkanes of at least 4 members (excludes halogenated alkanes) is 1. The molecule has 2 fully saturated rings. The highest BCUT2D eigenvalue weighted by Gasteiger charge is 2.56. The third-order valence-electron chi connectivity index (χ3n) is 7.79. The first-order valence-electron chi connectivity index (χ1n) is 12.3. The summed E-state index contributed by atoms with van der Waals surface area (Å²) in [6.07, 6.45) is 9.01. The van der Waals surface area contributed by atoms with Crippen LogP contribution in [-0.4, -0.2) is 39.9 Å². The summed E-state index contributed by atoms with van der Waals surface area (Å²) in [6.45, 7) is 16.6. The van der Waals surface area contributed by atoms with E-state index in [0.29, 0.717) is 0 Å². The van der Waals surface area contributed by atoms with Gasteiger partial charge in [-0.2, -0.15) is 0 Å². The molecule has 0 unspecified atom stereocenters. The van der Waals surface area contributed by atoms with Crippen molar-refractivity contribution in [3.05, 3.63) is 16.4 Å². The minimum Gasteiger partial charge on any atom is -0.335 e. The Morgan fingerprint density at radius 1 is 1.22 bits per heavy atom. The van der Waals surface area contributed by atoms with E-state index in [-0.39, 0.29) is 28.9 Å². The van der Waals surface area contributed by atoms with E-state index in [1.54, 1.807) is 11.5 Å². The Labute approximate surface area is 197 Å². The molecule has 32 heavy (non-hydrogen) atoms. The van der Waals surface area contributed by atoms with Gasteiger partial charge < -0.3 is 10.2 Å². The topological polar surface area (TPSA) is 66.7 Å². The number of aryl methyl sites for hydroxylation is 1. The molecule has 2 atom stereocenters. The minimum atomic E-state index is -0.603. The van der Waals surface area contributed by atoms with Gasteiger partial charge in [0.2, 0.25) is 0 Å². The van der Waals surface area contributed by atoms with Crippen molar-refractivity contribution in [2.75, 3.05) is 13.1 Å². The molecule has 1 aromatic rings. The van der Waals surface area contributed by atoms with Crippen LogP contribution >= 0.6 is 11.5 Å². The van der Waals surface area contributed by atoms with E-state index in [1.165, 1.54) is 5.56 Å². The molecular formula is C25H42N4O2S. The number of urea groups is 1. The summed E-state index contributed by atoms with van der Waals surface area (Å²) >= 11 is 1.58. The first-order chi connectivity index (χ1) is 14.9. The zero-order chi connectivity index (χ0) is 23.7. The van der Waals surface area contributed by atoms with Crippen molar-refractivity contribution in [1.82, 2.24) is 14.2 Å². The third kappa shape index (κ3) is 4.82. The molecule has 1 saturated carbocycles. The molecule has 3 amide bonds. The molecular weight excluding hydrogens is 420 g/mol. The average molecular weight is 463 g/mol. The Bertz CT molecular complexity index is 902. The lowest BCUT2D eigenvalue weighted by molar-refractivity contribution is -0.132. The lowest BCUT2D eigenvalue weighted by atomic mass is 9.67. The van der Waals surface area contributed by atoms with E-state index in [1.807, 2.05) is 11.8 Å². The molecule has 1 aliphatic carbocycles. The van der Waals surface area contributed by atoms with Crippen molar-refractivity contribution in [3.8, 4) is 0 Å². The number of nitrogens with one attached hydrogen (secondary N) is 1. The van der Waals surface area contributed by atoms with E-state index in [4.69, 9.17) is 4.99 Å². The molecule has 1 N–H and O–H groups in total. The van der Waals surface area contributed by atoms with Crippen LogP contribution in [0.3, 0.4) is 0 Å². The van der Waals surface area contributed by atoms with Gasteiger partial charge in [0.1, 0.15) is 4.67 Å². The Morgan fingerprint density at radius 3 is 2.47 bits per heavy atom. The molecule has 1 aliphatic heterocycles. The second kappa shape index (κ2) is 9.32. The highest BCUT2D eigenvalue weighted by molar-refractivity contribution is 7.04. The summed E-state index contributed by atoms with van der Waals surface area (Å²) in [7, 11) is 0. The smallest absolute Gasteiger partial charge is 0.317 e. The Hall–Kier alpha value is -1.63. The van der Waals surface area contributed by atoms with Crippen molar-refractivity contribution in [2.24, 2.45) is 15.8 Å². The second-order valence-electron chi connectivity index (χ2n) is 11.4. The summed E-state index contributed by atoms with van der Waals surface area (Å²) < 4.78 is 3.06. The highest BCUT2D eigenvalue weighted by Crippen LogP contribution is 2.53. The number of amides is 3. The normalized spacial score (nSPS) is 26.0. The molecule has 1 aromatic heterocycles. The fraction of sp³-hybridized carbons (Fsp3) is 0.800. The predicted molar refractivity (Wildman–Crippen MR) is 131 cm³/mol. The van der Waals surface area contributed by atoms with E-state index in [0.717, 1.165) is 62.7 Å². The van der Waals surface area contributed by atoms with Crippen molar-refractivity contribution in [2.45, 2.75) is 105 Å². The van der Waals surface area contributed by atoms with E-state index in [2.05, 4.69) is 57.0 Å². The van der Waals surface area contributed by atoms with Crippen molar-refractivity contribution < 1.29 is 9.59 Å². The highest BCUT2D eigenvalue weighted by atomic mass is 32.1. The van der Waals surface area contributed by atoms with Gasteiger partial charge in [-0.25, -0.2) is 9.79 Å². The third-order valence-corrected chi connectivity index (χ3v) is 9.16. The van der Waals surface area contributed by atoms with Crippen LogP contribution < -0.4 is 9.99 Å². The van der Waals surface area contributed by atoms with Crippen molar-refractivity contribution >= 4 is 23.5 Å². The zero-order valence-corrected chi connectivity index (χ0v) is 21.9. The molecule has 6 nitrogen and oxygen atoms in total. The molecule has 2 aliphatic rings.